The number of hydrogen-bond donors (Lipinski definition) is 2. The van der Waals surface area contributed by atoms with Crippen molar-refractivity contribution in [2.75, 3.05) is 20.3 Å². The minimum Gasteiger partial charge on any atom is -0.383 e. The Hall–Kier alpha value is -0.120. The van der Waals surface area contributed by atoms with Crippen molar-refractivity contribution in [2.24, 2.45) is 0 Å². The molecule has 3 unspecified atom stereocenters. The van der Waals surface area contributed by atoms with E-state index in [2.05, 4.69) is 10.6 Å². The fraction of sp³-hybridized carbons (Fsp3) is 1.00. The van der Waals surface area contributed by atoms with E-state index < -0.39 is 0 Å². The Morgan fingerprint density at radius 2 is 2.36 bits per heavy atom. The number of fused-ring (bicyclic) bond motifs is 1. The molecule has 2 N–H and O–H groups in total. The molecule has 1 aliphatic carbocycles. The van der Waals surface area contributed by atoms with Gasteiger partial charge in [0, 0.05) is 31.8 Å². The molecule has 0 radical (unpaired) electrons. The topological polar surface area (TPSA) is 33.3 Å². The number of ether oxygens (including phenoxy) is 1. The molecule has 0 aromatic heterocycles. The van der Waals surface area contributed by atoms with Crippen molar-refractivity contribution >= 4 is 0 Å². The van der Waals surface area contributed by atoms with Crippen molar-refractivity contribution in [3.8, 4) is 0 Å². The van der Waals surface area contributed by atoms with Crippen LogP contribution in [0.5, 0.6) is 0 Å². The highest BCUT2D eigenvalue weighted by Gasteiger charge is 2.43. The zero-order valence-electron chi connectivity index (χ0n) is 6.97. The first-order valence-corrected chi connectivity index (χ1v) is 4.38. The van der Waals surface area contributed by atoms with Gasteiger partial charge in [-0.2, -0.15) is 0 Å². The van der Waals surface area contributed by atoms with Crippen molar-refractivity contribution < 1.29 is 4.74 Å². The van der Waals surface area contributed by atoms with Crippen molar-refractivity contribution in [3.63, 3.8) is 0 Å². The maximum Gasteiger partial charge on any atom is 0.0587 e. The van der Waals surface area contributed by atoms with Gasteiger partial charge in [0.05, 0.1) is 6.61 Å². The van der Waals surface area contributed by atoms with Crippen LogP contribution in [0.25, 0.3) is 0 Å². The molecule has 3 nitrogen and oxygen atoms in total. The highest BCUT2D eigenvalue weighted by atomic mass is 16.5. The van der Waals surface area contributed by atoms with E-state index >= 15 is 0 Å². The first kappa shape index (κ1) is 7.53. The first-order chi connectivity index (χ1) is 5.40. The van der Waals surface area contributed by atoms with E-state index in [1.165, 1.54) is 12.8 Å². The highest BCUT2D eigenvalue weighted by molar-refractivity contribution is 5.06. The first-order valence-electron chi connectivity index (χ1n) is 4.38. The molecule has 3 heteroatoms. The SMILES string of the molecule is COCCNC1CC2CC1N2. The number of nitrogens with one attached hydrogen (secondary N) is 2. The summed E-state index contributed by atoms with van der Waals surface area (Å²) in [5.41, 5.74) is 0. The lowest BCUT2D eigenvalue weighted by Gasteiger charge is -2.27. The van der Waals surface area contributed by atoms with Gasteiger partial charge in [-0.1, -0.05) is 0 Å². The van der Waals surface area contributed by atoms with E-state index in [4.69, 9.17) is 4.74 Å². The Labute approximate surface area is 67.5 Å². The van der Waals surface area contributed by atoms with E-state index in [-0.39, 0.29) is 0 Å². The maximum atomic E-state index is 4.97. The minimum atomic E-state index is 0.718. The summed E-state index contributed by atoms with van der Waals surface area (Å²) in [6.45, 7) is 1.82. The second kappa shape index (κ2) is 3.09. The molecule has 3 fully saturated rings. The van der Waals surface area contributed by atoms with Crippen LogP contribution in [0.1, 0.15) is 12.8 Å². The Morgan fingerprint density at radius 3 is 2.91 bits per heavy atom. The second-order valence-corrected chi connectivity index (χ2v) is 3.49. The summed E-state index contributed by atoms with van der Waals surface area (Å²) in [4.78, 5) is 0. The molecule has 64 valence electrons. The Kier molecular flexibility index (Phi) is 2.11. The van der Waals surface area contributed by atoms with Gasteiger partial charge in [-0.3, -0.25) is 0 Å². The predicted octanol–water partition coefficient (Wildman–Crippen LogP) is -0.275. The van der Waals surface area contributed by atoms with Gasteiger partial charge in [-0.05, 0) is 12.8 Å². The zero-order chi connectivity index (χ0) is 7.68. The van der Waals surface area contributed by atoms with Gasteiger partial charge >= 0.3 is 0 Å². The quantitative estimate of drug-likeness (QED) is 0.549. The second-order valence-electron chi connectivity index (χ2n) is 3.49. The van der Waals surface area contributed by atoms with Gasteiger partial charge in [0.2, 0.25) is 0 Å². The third kappa shape index (κ3) is 1.41. The van der Waals surface area contributed by atoms with Gasteiger partial charge in [0.15, 0.2) is 0 Å². The van der Waals surface area contributed by atoms with Gasteiger partial charge in [-0.15, -0.1) is 0 Å². The van der Waals surface area contributed by atoms with E-state index in [1.807, 2.05) is 0 Å². The molecular weight excluding hydrogens is 140 g/mol. The molecule has 0 spiro atoms. The van der Waals surface area contributed by atoms with Crippen LogP contribution >= 0.6 is 0 Å². The van der Waals surface area contributed by atoms with Crippen molar-refractivity contribution in [3.05, 3.63) is 0 Å². The third-order valence-electron chi connectivity index (χ3n) is 2.73. The molecule has 1 saturated carbocycles. The van der Waals surface area contributed by atoms with Crippen LogP contribution in [0.4, 0.5) is 0 Å². The molecule has 2 saturated heterocycles. The summed E-state index contributed by atoms with van der Waals surface area (Å²) >= 11 is 0. The Bertz CT molecular complexity index is 134. The minimum absolute atomic E-state index is 0.718. The van der Waals surface area contributed by atoms with Crippen molar-refractivity contribution in [1.82, 2.24) is 10.6 Å². The fourth-order valence-electron chi connectivity index (χ4n) is 2.07. The van der Waals surface area contributed by atoms with Crippen LogP contribution in [0, 0.1) is 0 Å². The summed E-state index contributed by atoms with van der Waals surface area (Å²) in [6, 6.07) is 2.30. The Morgan fingerprint density at radius 1 is 1.55 bits per heavy atom. The molecule has 0 aromatic carbocycles. The van der Waals surface area contributed by atoms with Crippen LogP contribution in [-0.4, -0.2) is 38.4 Å². The van der Waals surface area contributed by atoms with Crippen LogP contribution in [0.15, 0.2) is 0 Å². The maximum absolute atomic E-state index is 4.97. The number of rotatable bonds is 4. The monoisotopic (exact) mass is 156 g/mol. The standard InChI is InChI=1S/C8H16N2O/c1-11-3-2-9-7-4-6-5-8(7)10-6/h6-10H,2-5H2,1H3. The summed E-state index contributed by atoms with van der Waals surface area (Å²) in [7, 11) is 1.74. The third-order valence-corrected chi connectivity index (χ3v) is 2.73. The smallest absolute Gasteiger partial charge is 0.0587 e. The molecule has 3 atom stereocenters. The lowest BCUT2D eigenvalue weighted by Crippen LogP contribution is -2.49. The number of methoxy groups -OCH3 is 1. The molecule has 3 rings (SSSR count). The van der Waals surface area contributed by atoms with E-state index in [0.29, 0.717) is 0 Å². The molecule has 11 heavy (non-hydrogen) atoms. The highest BCUT2D eigenvalue weighted by Crippen LogP contribution is 2.29. The van der Waals surface area contributed by atoms with E-state index in [0.717, 1.165) is 31.3 Å². The van der Waals surface area contributed by atoms with Crippen LogP contribution in [0.2, 0.25) is 0 Å². The van der Waals surface area contributed by atoms with Crippen LogP contribution < -0.4 is 10.6 Å². The number of hydrogen-bond acceptors (Lipinski definition) is 3. The molecular formula is C8H16N2O. The predicted molar refractivity (Wildman–Crippen MR) is 43.6 cm³/mol. The average molecular weight is 156 g/mol. The molecule has 2 heterocycles. The normalized spacial score (nSPS) is 40.6. The zero-order valence-corrected chi connectivity index (χ0v) is 6.97. The lowest BCUT2D eigenvalue weighted by atomic mass is 10.1. The summed E-state index contributed by atoms with van der Waals surface area (Å²) in [5, 5.41) is 6.98. The molecule has 2 aliphatic heterocycles. The fourth-order valence-corrected chi connectivity index (χ4v) is 2.07. The molecule has 2 bridgehead atoms. The van der Waals surface area contributed by atoms with E-state index in [1.54, 1.807) is 7.11 Å². The Balaban J connectivity index is 1.64. The van der Waals surface area contributed by atoms with Gasteiger partial charge < -0.3 is 15.4 Å². The van der Waals surface area contributed by atoms with Gasteiger partial charge in [-0.25, -0.2) is 0 Å². The van der Waals surface area contributed by atoms with Crippen LogP contribution in [-0.2, 0) is 4.74 Å². The largest absolute Gasteiger partial charge is 0.383 e. The van der Waals surface area contributed by atoms with Gasteiger partial charge in [0.25, 0.3) is 0 Å². The van der Waals surface area contributed by atoms with Crippen molar-refractivity contribution in [2.45, 2.75) is 31.0 Å². The van der Waals surface area contributed by atoms with E-state index in [9.17, 15) is 0 Å². The lowest BCUT2D eigenvalue weighted by molar-refractivity contribution is 0.194. The molecule has 3 aliphatic rings. The molecule has 0 amide bonds. The summed E-state index contributed by atoms with van der Waals surface area (Å²) in [6.07, 6.45) is 2.69. The van der Waals surface area contributed by atoms with Crippen LogP contribution in [0.3, 0.4) is 0 Å². The summed E-state index contributed by atoms with van der Waals surface area (Å²) < 4.78 is 4.97. The summed E-state index contributed by atoms with van der Waals surface area (Å²) in [5.74, 6) is 0. The average Bonchev–Trinajstić information content (AvgIpc) is 2.44. The molecule has 0 aromatic rings. The van der Waals surface area contributed by atoms with Gasteiger partial charge in [0.1, 0.15) is 0 Å². The van der Waals surface area contributed by atoms with Crippen molar-refractivity contribution in [1.29, 1.82) is 0 Å².